The summed E-state index contributed by atoms with van der Waals surface area (Å²) in [5, 5.41) is 31.1. The number of aromatic hydroxyl groups is 1. The highest BCUT2D eigenvalue weighted by molar-refractivity contribution is 6.11. The fourth-order valence-corrected chi connectivity index (χ4v) is 5.01. The first-order valence-electron chi connectivity index (χ1n) is 12.7. The summed E-state index contributed by atoms with van der Waals surface area (Å²) in [5.41, 5.74) is 3.71. The van der Waals surface area contributed by atoms with Crippen LogP contribution in [0.3, 0.4) is 0 Å². The Hall–Kier alpha value is -3.58. The maximum Gasteiger partial charge on any atom is 0.335 e. The lowest BCUT2D eigenvalue weighted by molar-refractivity contribution is -0.0597. The zero-order valence-corrected chi connectivity index (χ0v) is 21.9. The summed E-state index contributed by atoms with van der Waals surface area (Å²) in [6, 6.07) is 7.64. The number of phenolic OH excluding ortho intramolecular Hbond substituents is 1. The highest BCUT2D eigenvalue weighted by atomic mass is 16.5. The molecule has 3 N–H and O–H groups in total. The Morgan fingerprint density at radius 3 is 2.62 bits per heavy atom. The molecule has 2 aromatic carbocycles. The Morgan fingerprint density at radius 2 is 1.92 bits per heavy atom. The van der Waals surface area contributed by atoms with E-state index in [-0.39, 0.29) is 30.2 Å². The summed E-state index contributed by atoms with van der Waals surface area (Å²) in [5.74, 6) is -1.05. The molecule has 196 valence electrons. The van der Waals surface area contributed by atoms with Gasteiger partial charge in [0.25, 0.3) is 5.91 Å². The average Bonchev–Trinajstić information content (AvgIpc) is 3.16. The normalized spacial score (nSPS) is 20.8. The molecule has 0 radical (unpaired) electrons. The number of aliphatic hydroxyl groups is 1. The summed E-state index contributed by atoms with van der Waals surface area (Å²) in [6.45, 7) is 8.35. The van der Waals surface area contributed by atoms with Crippen LogP contribution in [0.1, 0.15) is 85.2 Å². The monoisotopic (exact) mass is 505 g/mol. The maximum absolute atomic E-state index is 13.3. The SMILES string of the molecule is CC(C)=CCCC(C)=CCC[C@]1(C)Oc2c(c(O)cc3c2CN(c2cccc(C(=O)O)c2)C3=O)C[C@@H]1O. The lowest BCUT2D eigenvalue weighted by Crippen LogP contribution is -2.49. The van der Waals surface area contributed by atoms with Gasteiger partial charge in [-0.05, 0) is 77.6 Å². The van der Waals surface area contributed by atoms with Crippen LogP contribution in [0.5, 0.6) is 11.5 Å². The van der Waals surface area contributed by atoms with Gasteiger partial charge in [0.15, 0.2) is 0 Å². The van der Waals surface area contributed by atoms with E-state index < -0.39 is 17.7 Å². The number of amides is 1. The van der Waals surface area contributed by atoms with E-state index in [2.05, 4.69) is 32.9 Å². The van der Waals surface area contributed by atoms with Crippen molar-refractivity contribution in [3.8, 4) is 11.5 Å². The van der Waals surface area contributed by atoms with E-state index in [4.69, 9.17) is 4.74 Å². The van der Waals surface area contributed by atoms with Crippen LogP contribution < -0.4 is 9.64 Å². The van der Waals surface area contributed by atoms with Crippen LogP contribution >= 0.6 is 0 Å². The minimum absolute atomic E-state index is 0.0839. The van der Waals surface area contributed by atoms with Gasteiger partial charge in [-0.1, -0.05) is 29.4 Å². The van der Waals surface area contributed by atoms with Crippen molar-refractivity contribution in [2.24, 2.45) is 0 Å². The van der Waals surface area contributed by atoms with Crippen LogP contribution in [0.2, 0.25) is 0 Å². The molecule has 0 aliphatic carbocycles. The second kappa shape index (κ2) is 10.4. The molecule has 2 aliphatic rings. The highest BCUT2D eigenvalue weighted by Crippen LogP contribution is 2.47. The van der Waals surface area contributed by atoms with Crippen molar-refractivity contribution in [1.29, 1.82) is 0 Å². The Morgan fingerprint density at radius 1 is 1.16 bits per heavy atom. The third-order valence-corrected chi connectivity index (χ3v) is 7.32. The highest BCUT2D eigenvalue weighted by Gasteiger charge is 2.44. The largest absolute Gasteiger partial charge is 0.508 e. The Bertz CT molecular complexity index is 1290. The van der Waals surface area contributed by atoms with Crippen molar-refractivity contribution in [1.82, 2.24) is 0 Å². The Labute approximate surface area is 217 Å². The number of anilines is 1. The molecule has 7 nitrogen and oxygen atoms in total. The van der Waals surface area contributed by atoms with Gasteiger partial charge in [0.05, 0.1) is 23.8 Å². The lowest BCUT2D eigenvalue weighted by atomic mass is 9.84. The van der Waals surface area contributed by atoms with Gasteiger partial charge < -0.3 is 25.0 Å². The van der Waals surface area contributed by atoms with Gasteiger partial charge in [0, 0.05) is 23.2 Å². The van der Waals surface area contributed by atoms with E-state index in [1.165, 1.54) is 34.2 Å². The Kier molecular flexibility index (Phi) is 7.46. The number of carboxylic acid groups (broad SMARTS) is 1. The molecule has 0 fully saturated rings. The van der Waals surface area contributed by atoms with Crippen LogP contribution in [-0.4, -0.2) is 38.9 Å². The summed E-state index contributed by atoms with van der Waals surface area (Å²) in [4.78, 5) is 26.2. The molecule has 37 heavy (non-hydrogen) atoms. The fourth-order valence-electron chi connectivity index (χ4n) is 5.01. The van der Waals surface area contributed by atoms with Crippen molar-refractivity contribution >= 4 is 17.6 Å². The number of carbonyl (C=O) groups is 2. The van der Waals surface area contributed by atoms with Crippen molar-refractivity contribution in [2.45, 2.75) is 78.0 Å². The number of phenols is 1. The molecule has 4 rings (SSSR count). The first-order chi connectivity index (χ1) is 17.5. The number of hydrogen-bond donors (Lipinski definition) is 3. The third-order valence-electron chi connectivity index (χ3n) is 7.32. The quantitative estimate of drug-likeness (QED) is 0.393. The Balaban J connectivity index is 1.57. The number of aliphatic hydroxyl groups excluding tert-OH is 1. The van der Waals surface area contributed by atoms with Gasteiger partial charge in [-0.15, -0.1) is 0 Å². The number of hydrogen-bond acceptors (Lipinski definition) is 5. The van der Waals surface area contributed by atoms with Gasteiger partial charge in [-0.3, -0.25) is 4.79 Å². The van der Waals surface area contributed by atoms with Gasteiger partial charge in [0.2, 0.25) is 0 Å². The molecule has 2 aromatic rings. The molecular weight excluding hydrogens is 470 g/mol. The van der Waals surface area contributed by atoms with Crippen LogP contribution in [0.15, 0.2) is 53.6 Å². The molecule has 2 atom stereocenters. The smallest absolute Gasteiger partial charge is 0.335 e. The zero-order valence-electron chi connectivity index (χ0n) is 21.9. The van der Waals surface area contributed by atoms with Crippen LogP contribution in [0, 0.1) is 0 Å². The van der Waals surface area contributed by atoms with Gasteiger partial charge in [-0.2, -0.15) is 0 Å². The summed E-state index contributed by atoms with van der Waals surface area (Å²) in [6.07, 6.45) is 7.10. The molecule has 0 spiro atoms. The number of fused-ring (bicyclic) bond motifs is 3. The zero-order chi connectivity index (χ0) is 26.9. The minimum Gasteiger partial charge on any atom is -0.508 e. The van der Waals surface area contributed by atoms with Gasteiger partial charge in [-0.25, -0.2) is 4.79 Å². The molecule has 0 unspecified atom stereocenters. The summed E-state index contributed by atoms with van der Waals surface area (Å²) in [7, 11) is 0. The van der Waals surface area contributed by atoms with E-state index in [1.807, 2.05) is 6.92 Å². The number of aromatic carboxylic acids is 1. The number of allylic oxidation sites excluding steroid dienone is 4. The van der Waals surface area contributed by atoms with Crippen molar-refractivity contribution in [3.63, 3.8) is 0 Å². The molecule has 0 bridgehead atoms. The van der Waals surface area contributed by atoms with Crippen molar-refractivity contribution in [2.75, 3.05) is 4.90 Å². The number of carboxylic acids is 1. The maximum atomic E-state index is 13.3. The average molecular weight is 506 g/mol. The number of rotatable bonds is 8. The van der Waals surface area contributed by atoms with Crippen molar-refractivity contribution < 1.29 is 29.6 Å². The fraction of sp³-hybridized carbons (Fsp3) is 0.400. The van der Waals surface area contributed by atoms with E-state index >= 15 is 0 Å². The molecule has 0 aromatic heterocycles. The molecular formula is C30H35NO6. The second-order valence-corrected chi connectivity index (χ2v) is 10.5. The van der Waals surface area contributed by atoms with E-state index in [0.29, 0.717) is 34.5 Å². The number of nitrogens with zero attached hydrogens (tertiary/aromatic N) is 1. The lowest BCUT2D eigenvalue weighted by Gasteiger charge is -2.40. The molecule has 2 heterocycles. The molecule has 1 amide bonds. The number of benzene rings is 2. The van der Waals surface area contributed by atoms with Gasteiger partial charge >= 0.3 is 5.97 Å². The topological polar surface area (TPSA) is 107 Å². The van der Waals surface area contributed by atoms with Gasteiger partial charge in [0.1, 0.15) is 17.1 Å². The first-order valence-corrected chi connectivity index (χ1v) is 12.7. The van der Waals surface area contributed by atoms with Crippen LogP contribution in [0.4, 0.5) is 5.69 Å². The van der Waals surface area contributed by atoms with E-state index in [0.717, 1.165) is 19.3 Å². The number of carbonyl (C=O) groups excluding carboxylic acids is 1. The predicted molar refractivity (Wildman–Crippen MR) is 142 cm³/mol. The number of ether oxygens (including phenoxy) is 1. The van der Waals surface area contributed by atoms with E-state index in [1.54, 1.807) is 12.1 Å². The second-order valence-electron chi connectivity index (χ2n) is 10.5. The third kappa shape index (κ3) is 5.42. The first kappa shape index (κ1) is 26.5. The molecule has 2 aliphatic heterocycles. The van der Waals surface area contributed by atoms with Crippen LogP contribution in [-0.2, 0) is 13.0 Å². The van der Waals surface area contributed by atoms with Crippen molar-refractivity contribution in [3.05, 3.63) is 75.9 Å². The van der Waals surface area contributed by atoms with E-state index in [9.17, 15) is 24.9 Å². The predicted octanol–water partition coefficient (Wildman–Crippen LogP) is 5.78. The summed E-state index contributed by atoms with van der Waals surface area (Å²) >= 11 is 0. The van der Waals surface area contributed by atoms with Crippen LogP contribution in [0.25, 0.3) is 0 Å². The molecule has 0 saturated heterocycles. The minimum atomic E-state index is -1.07. The molecule has 7 heteroatoms. The molecule has 0 saturated carbocycles. The standard InChI is InChI=1S/C30H35NO6/c1-18(2)8-5-9-19(3)10-7-13-30(4)26(33)16-23-25(32)15-22-24(27(23)37-30)17-31(28(22)34)21-12-6-11-20(14-21)29(35)36/h6,8,10-12,14-15,26,32-33H,5,7,9,13,16-17H2,1-4H3,(H,35,36)/t26-,30-/m0/s1. The summed E-state index contributed by atoms with van der Waals surface area (Å²) < 4.78 is 6.42.